The number of nitrogens with zero attached hydrogens (tertiary/aromatic N) is 3. The van der Waals surface area contributed by atoms with Crippen LogP contribution in [0.3, 0.4) is 0 Å². The van der Waals surface area contributed by atoms with Crippen LogP contribution in [0.2, 0.25) is 5.02 Å². The molecule has 1 aromatic heterocycles. The lowest BCUT2D eigenvalue weighted by Gasteiger charge is -2.31. The van der Waals surface area contributed by atoms with Gasteiger partial charge in [0, 0.05) is 45.1 Å². The lowest BCUT2D eigenvalue weighted by atomic mass is 10.2. The first-order valence-electron chi connectivity index (χ1n) is 9.44. The molecule has 3 rings (SSSR count). The molecule has 5 nitrogen and oxygen atoms in total. The first kappa shape index (κ1) is 22.7. The van der Waals surface area contributed by atoms with Crippen LogP contribution in [-0.4, -0.2) is 59.3 Å². The van der Waals surface area contributed by atoms with Crippen molar-refractivity contribution in [2.75, 3.05) is 44.7 Å². The summed E-state index contributed by atoms with van der Waals surface area (Å²) in [6.45, 7) is 4.86. The maximum Gasteiger partial charge on any atom is 0.416 e. The van der Waals surface area contributed by atoms with Gasteiger partial charge in [0.2, 0.25) is 0 Å². The summed E-state index contributed by atoms with van der Waals surface area (Å²) < 4.78 is 44.6. The van der Waals surface area contributed by atoms with Crippen LogP contribution in [0.1, 0.15) is 11.1 Å². The van der Waals surface area contributed by atoms with Crippen molar-refractivity contribution in [1.29, 1.82) is 0 Å². The van der Waals surface area contributed by atoms with Crippen LogP contribution in [0.4, 0.5) is 18.9 Å². The highest BCUT2D eigenvalue weighted by Gasteiger charge is 2.31. The number of ether oxygens (including phenoxy) is 1. The molecule has 1 aliphatic heterocycles. The molecule has 2 heterocycles. The lowest BCUT2D eigenvalue weighted by molar-refractivity contribution is -0.137. The standard InChI is InChI=1S/C20H22ClF3N4OS/c21-17-4-3-16(20(22,23)24)12-18(17)26-19(30)28(14-15-2-1-5-25-13-15)7-6-27-8-10-29-11-9-27/h1-5,12-13H,6-11,14H2,(H,26,30). The zero-order chi connectivity index (χ0) is 21.6. The third-order valence-corrected chi connectivity index (χ3v) is 5.40. The van der Waals surface area contributed by atoms with Gasteiger partial charge in [-0.2, -0.15) is 13.2 Å². The fourth-order valence-electron chi connectivity index (χ4n) is 3.04. The first-order chi connectivity index (χ1) is 14.3. The van der Waals surface area contributed by atoms with Crippen molar-refractivity contribution >= 4 is 34.6 Å². The van der Waals surface area contributed by atoms with Gasteiger partial charge >= 0.3 is 6.18 Å². The van der Waals surface area contributed by atoms with Crippen LogP contribution in [0, 0.1) is 0 Å². The zero-order valence-corrected chi connectivity index (χ0v) is 17.7. The Balaban J connectivity index is 1.73. The van der Waals surface area contributed by atoms with Crippen LogP contribution < -0.4 is 5.32 Å². The van der Waals surface area contributed by atoms with E-state index in [4.69, 9.17) is 28.6 Å². The molecule has 1 fully saturated rings. The van der Waals surface area contributed by atoms with Crippen LogP contribution in [0.15, 0.2) is 42.7 Å². The Morgan fingerprint density at radius 1 is 1.27 bits per heavy atom. The van der Waals surface area contributed by atoms with E-state index >= 15 is 0 Å². The van der Waals surface area contributed by atoms with Gasteiger partial charge in [-0.15, -0.1) is 0 Å². The van der Waals surface area contributed by atoms with Crippen LogP contribution in [0.5, 0.6) is 0 Å². The summed E-state index contributed by atoms with van der Waals surface area (Å²) >= 11 is 11.6. The number of anilines is 1. The van der Waals surface area contributed by atoms with Crippen LogP contribution in [-0.2, 0) is 17.5 Å². The smallest absolute Gasteiger partial charge is 0.379 e. The Morgan fingerprint density at radius 3 is 2.70 bits per heavy atom. The Morgan fingerprint density at radius 2 is 2.03 bits per heavy atom. The number of aromatic nitrogens is 1. The molecule has 1 N–H and O–H groups in total. The maximum atomic E-state index is 13.1. The molecular weight excluding hydrogens is 437 g/mol. The highest BCUT2D eigenvalue weighted by Crippen LogP contribution is 2.34. The average molecular weight is 459 g/mol. The predicted octanol–water partition coefficient (Wildman–Crippen LogP) is 4.29. The van der Waals surface area contributed by atoms with E-state index in [-0.39, 0.29) is 10.7 Å². The van der Waals surface area contributed by atoms with E-state index in [9.17, 15) is 13.2 Å². The van der Waals surface area contributed by atoms with Crippen LogP contribution >= 0.6 is 23.8 Å². The number of halogens is 4. The van der Waals surface area contributed by atoms with E-state index in [1.807, 2.05) is 17.0 Å². The lowest BCUT2D eigenvalue weighted by Crippen LogP contribution is -2.44. The number of hydrogen-bond acceptors (Lipinski definition) is 4. The minimum absolute atomic E-state index is 0.124. The van der Waals surface area contributed by atoms with Gasteiger partial charge in [0.05, 0.1) is 29.5 Å². The number of alkyl halides is 3. The minimum atomic E-state index is -4.46. The van der Waals surface area contributed by atoms with Gasteiger partial charge in [0.25, 0.3) is 0 Å². The molecular formula is C20H22ClF3N4OS. The van der Waals surface area contributed by atoms with Gasteiger partial charge in [-0.3, -0.25) is 9.88 Å². The Bertz CT molecular complexity index is 848. The highest BCUT2D eigenvalue weighted by molar-refractivity contribution is 7.80. The van der Waals surface area contributed by atoms with Crippen LogP contribution in [0.25, 0.3) is 0 Å². The molecule has 0 radical (unpaired) electrons. The third-order valence-electron chi connectivity index (χ3n) is 4.71. The molecule has 1 aliphatic rings. The molecule has 0 amide bonds. The summed E-state index contributed by atoms with van der Waals surface area (Å²) in [5.41, 5.74) is 0.280. The number of hydrogen-bond donors (Lipinski definition) is 1. The Hall–Kier alpha value is -1.94. The normalized spacial score (nSPS) is 15.1. The van der Waals surface area contributed by atoms with Crippen molar-refractivity contribution in [2.24, 2.45) is 0 Å². The molecule has 0 aliphatic carbocycles. The Labute approximate surface area is 183 Å². The number of thiocarbonyl (C=S) groups is 1. The summed E-state index contributed by atoms with van der Waals surface area (Å²) in [7, 11) is 0. The van der Waals surface area contributed by atoms with Gasteiger partial charge in [0.15, 0.2) is 5.11 Å². The molecule has 0 spiro atoms. The fourth-order valence-corrected chi connectivity index (χ4v) is 3.47. The molecule has 162 valence electrons. The third kappa shape index (κ3) is 6.53. The molecule has 0 saturated carbocycles. The maximum absolute atomic E-state index is 13.1. The van der Waals surface area contributed by atoms with Crippen molar-refractivity contribution in [2.45, 2.75) is 12.7 Å². The molecule has 30 heavy (non-hydrogen) atoms. The molecule has 1 saturated heterocycles. The average Bonchev–Trinajstić information content (AvgIpc) is 2.73. The second-order valence-corrected chi connectivity index (χ2v) is 7.65. The molecule has 0 unspecified atom stereocenters. The molecule has 0 bridgehead atoms. The molecule has 10 heteroatoms. The summed E-state index contributed by atoms with van der Waals surface area (Å²) in [5.74, 6) is 0. The van der Waals surface area contributed by atoms with E-state index in [0.717, 1.165) is 37.3 Å². The van der Waals surface area contributed by atoms with Crippen molar-refractivity contribution in [3.05, 3.63) is 58.9 Å². The van der Waals surface area contributed by atoms with E-state index in [1.54, 1.807) is 12.4 Å². The topological polar surface area (TPSA) is 40.6 Å². The SMILES string of the molecule is FC(F)(F)c1ccc(Cl)c(NC(=S)N(CCN2CCOCC2)Cc2cccnc2)c1. The van der Waals surface area contributed by atoms with Crippen molar-refractivity contribution in [1.82, 2.24) is 14.8 Å². The number of rotatable bonds is 6. The van der Waals surface area contributed by atoms with Gasteiger partial charge in [-0.25, -0.2) is 0 Å². The van der Waals surface area contributed by atoms with E-state index in [0.29, 0.717) is 31.4 Å². The van der Waals surface area contributed by atoms with Crippen molar-refractivity contribution < 1.29 is 17.9 Å². The summed E-state index contributed by atoms with van der Waals surface area (Å²) in [4.78, 5) is 8.29. The molecule has 2 aromatic rings. The minimum Gasteiger partial charge on any atom is -0.379 e. The van der Waals surface area contributed by atoms with Crippen molar-refractivity contribution in [3.63, 3.8) is 0 Å². The number of nitrogens with one attached hydrogen (secondary N) is 1. The number of pyridine rings is 1. The summed E-state index contributed by atoms with van der Waals surface area (Å²) in [6.07, 6.45) is -1.05. The van der Waals surface area contributed by atoms with Gasteiger partial charge in [-0.1, -0.05) is 17.7 Å². The quantitative estimate of drug-likeness (QED) is 0.651. The Kier molecular flexibility index (Phi) is 7.87. The second-order valence-electron chi connectivity index (χ2n) is 6.86. The van der Waals surface area contributed by atoms with Gasteiger partial charge in [-0.05, 0) is 42.0 Å². The summed E-state index contributed by atoms with van der Waals surface area (Å²) in [6, 6.07) is 6.89. The predicted molar refractivity (Wildman–Crippen MR) is 115 cm³/mol. The monoisotopic (exact) mass is 458 g/mol. The number of benzene rings is 1. The zero-order valence-electron chi connectivity index (χ0n) is 16.2. The second kappa shape index (κ2) is 10.4. The number of morpholine rings is 1. The first-order valence-corrected chi connectivity index (χ1v) is 10.2. The van der Waals surface area contributed by atoms with E-state index < -0.39 is 11.7 Å². The fraction of sp³-hybridized carbons (Fsp3) is 0.400. The summed E-state index contributed by atoms with van der Waals surface area (Å²) in [5, 5.41) is 3.36. The van der Waals surface area contributed by atoms with E-state index in [2.05, 4.69) is 15.2 Å². The van der Waals surface area contributed by atoms with E-state index in [1.165, 1.54) is 6.07 Å². The largest absolute Gasteiger partial charge is 0.416 e. The van der Waals surface area contributed by atoms with Gasteiger partial charge < -0.3 is 15.0 Å². The van der Waals surface area contributed by atoms with Crippen molar-refractivity contribution in [3.8, 4) is 0 Å². The van der Waals surface area contributed by atoms with Gasteiger partial charge in [0.1, 0.15) is 0 Å². The highest BCUT2D eigenvalue weighted by atomic mass is 35.5. The molecule has 1 aromatic carbocycles. The molecule has 0 atom stereocenters.